The molecular weight excluding hydrogens is 562 g/mol. The molecule has 2 heterocycles. The van der Waals surface area contributed by atoms with E-state index in [0.29, 0.717) is 51.9 Å². The summed E-state index contributed by atoms with van der Waals surface area (Å²) in [5, 5.41) is 3.48. The number of rotatable bonds is 17. The van der Waals surface area contributed by atoms with Gasteiger partial charge in [-0.05, 0) is 48.2 Å². The number of amides is 1. The van der Waals surface area contributed by atoms with E-state index in [1.165, 1.54) is 0 Å². The van der Waals surface area contributed by atoms with Gasteiger partial charge in [0.2, 0.25) is 5.91 Å². The Bertz CT molecular complexity index is 1160. The Morgan fingerprint density at radius 1 is 1.09 bits per heavy atom. The van der Waals surface area contributed by atoms with Crippen molar-refractivity contribution < 1.29 is 33.2 Å². The second-order valence-corrected chi connectivity index (χ2v) is 12.0. The van der Waals surface area contributed by atoms with Crippen LogP contribution in [0.5, 0.6) is 5.75 Å². The van der Waals surface area contributed by atoms with E-state index in [1.54, 1.807) is 33.2 Å². The lowest BCUT2D eigenvalue weighted by atomic mass is 9.82. The number of methoxy groups -OCH3 is 2. The van der Waals surface area contributed by atoms with Crippen LogP contribution in [-0.2, 0) is 47.3 Å². The van der Waals surface area contributed by atoms with Gasteiger partial charge in [0.05, 0.1) is 38.7 Å². The molecule has 1 amide bonds. The predicted octanol–water partition coefficient (Wildman–Crippen LogP) is 3.60. The third kappa shape index (κ3) is 9.15. The molecule has 2 aliphatic heterocycles. The van der Waals surface area contributed by atoms with Crippen LogP contribution in [0.2, 0.25) is 0 Å². The Kier molecular flexibility index (Phi) is 13.3. The zero-order valence-electron chi connectivity index (χ0n) is 27.1. The van der Waals surface area contributed by atoms with Crippen molar-refractivity contribution in [3.63, 3.8) is 0 Å². The highest BCUT2D eigenvalue weighted by Gasteiger charge is 2.45. The van der Waals surface area contributed by atoms with Gasteiger partial charge >= 0.3 is 0 Å². The number of nitrogens with one attached hydrogen (secondary N) is 1. The highest BCUT2D eigenvalue weighted by atomic mass is 16.6. The molecule has 0 radical (unpaired) electrons. The minimum Gasteiger partial charge on any atom is -0.490 e. The lowest BCUT2D eigenvalue weighted by molar-refractivity contribution is -0.178. The Hall–Kier alpha value is -2.73. The predicted molar refractivity (Wildman–Crippen MR) is 170 cm³/mol. The minimum absolute atomic E-state index is 0.0261. The average molecular weight is 614 g/mol. The fourth-order valence-corrected chi connectivity index (χ4v) is 5.76. The van der Waals surface area contributed by atoms with Crippen molar-refractivity contribution in [2.45, 2.75) is 44.7 Å². The smallest absolute Gasteiger partial charge is 0.248 e. The summed E-state index contributed by atoms with van der Waals surface area (Å²) in [5.74, 6) is 1.15. The summed E-state index contributed by atoms with van der Waals surface area (Å²) < 4.78 is 35.6. The first-order valence-electron chi connectivity index (χ1n) is 15.7. The molecule has 10 heteroatoms. The van der Waals surface area contributed by atoms with Crippen molar-refractivity contribution in [2.75, 3.05) is 92.4 Å². The fraction of sp³-hybridized carbons (Fsp3) is 0.618. The number of hydrogen-bond donors (Lipinski definition) is 1. The number of ether oxygens (including phenoxy) is 6. The summed E-state index contributed by atoms with van der Waals surface area (Å²) in [6.07, 6.45) is 1.32. The van der Waals surface area contributed by atoms with Crippen LogP contribution in [0.1, 0.15) is 36.5 Å². The van der Waals surface area contributed by atoms with Crippen molar-refractivity contribution in [3.05, 3.63) is 59.2 Å². The standard InChI is InChI=1S/C34H51N3O7/c1-26(21-40-5)22-41-23-27-7-10-29(11-8-27)34(44-25-33(38)36(2)3)13-14-35-20-32(34)43-24-28-9-12-31-30(19-28)37(16-18-42-31)15-6-17-39-4/h7-12,19,26,32,35H,6,13-18,20-25H2,1-5H3/t26?,32-,34-/m0/s1. The Morgan fingerprint density at radius 3 is 2.64 bits per heavy atom. The van der Waals surface area contributed by atoms with Gasteiger partial charge in [0.15, 0.2) is 0 Å². The van der Waals surface area contributed by atoms with Crippen molar-refractivity contribution in [1.29, 1.82) is 0 Å². The van der Waals surface area contributed by atoms with Gasteiger partial charge in [-0.3, -0.25) is 4.79 Å². The van der Waals surface area contributed by atoms with Crippen LogP contribution in [0.25, 0.3) is 0 Å². The molecule has 2 aliphatic rings. The summed E-state index contributed by atoms with van der Waals surface area (Å²) >= 11 is 0. The Labute approximate surface area is 262 Å². The van der Waals surface area contributed by atoms with Crippen molar-refractivity contribution >= 4 is 11.6 Å². The van der Waals surface area contributed by atoms with E-state index in [-0.39, 0.29) is 18.6 Å². The molecule has 1 unspecified atom stereocenters. The van der Waals surface area contributed by atoms with Gasteiger partial charge in [-0.25, -0.2) is 0 Å². The molecule has 1 saturated heterocycles. The number of fused-ring (bicyclic) bond motifs is 1. The summed E-state index contributed by atoms with van der Waals surface area (Å²) in [7, 11) is 6.93. The molecule has 244 valence electrons. The molecule has 0 spiro atoms. The Balaban J connectivity index is 1.51. The molecular formula is C34H51N3O7. The van der Waals surface area contributed by atoms with Gasteiger partial charge in [0.25, 0.3) is 0 Å². The average Bonchev–Trinajstić information content (AvgIpc) is 3.03. The van der Waals surface area contributed by atoms with E-state index in [0.717, 1.165) is 60.8 Å². The number of benzene rings is 2. The molecule has 2 aromatic rings. The highest BCUT2D eigenvalue weighted by molar-refractivity contribution is 5.76. The highest BCUT2D eigenvalue weighted by Crippen LogP contribution is 2.38. The van der Waals surface area contributed by atoms with Crippen LogP contribution in [0.3, 0.4) is 0 Å². The van der Waals surface area contributed by atoms with E-state index in [9.17, 15) is 4.79 Å². The van der Waals surface area contributed by atoms with E-state index in [2.05, 4.69) is 53.5 Å². The topological polar surface area (TPSA) is 91.0 Å². The zero-order valence-corrected chi connectivity index (χ0v) is 27.1. The molecule has 3 atom stereocenters. The number of nitrogens with zero attached hydrogens (tertiary/aromatic N) is 2. The van der Waals surface area contributed by atoms with Gasteiger partial charge in [-0.2, -0.15) is 0 Å². The van der Waals surface area contributed by atoms with Crippen molar-refractivity contribution in [1.82, 2.24) is 10.2 Å². The second-order valence-electron chi connectivity index (χ2n) is 12.0. The molecule has 0 aromatic heterocycles. The van der Waals surface area contributed by atoms with Gasteiger partial charge in [-0.1, -0.05) is 37.3 Å². The van der Waals surface area contributed by atoms with E-state index >= 15 is 0 Å². The fourth-order valence-electron chi connectivity index (χ4n) is 5.76. The van der Waals surface area contributed by atoms with Crippen LogP contribution in [-0.4, -0.2) is 104 Å². The third-order valence-corrected chi connectivity index (χ3v) is 8.25. The SMILES string of the molecule is COCCCN1CCOc2ccc(CO[C@H]3CNCC[C@]3(OCC(=O)N(C)C)c3ccc(COCC(C)COC)cc3)cc21. The number of anilines is 1. The van der Waals surface area contributed by atoms with Gasteiger partial charge in [0.1, 0.15) is 30.7 Å². The van der Waals surface area contributed by atoms with Gasteiger partial charge in [0, 0.05) is 53.9 Å². The third-order valence-electron chi connectivity index (χ3n) is 8.25. The zero-order chi connectivity index (χ0) is 31.4. The lowest BCUT2D eigenvalue weighted by Crippen LogP contribution is -2.55. The number of hydrogen-bond acceptors (Lipinski definition) is 9. The van der Waals surface area contributed by atoms with E-state index in [4.69, 9.17) is 28.4 Å². The van der Waals surface area contributed by atoms with Crippen molar-refractivity contribution in [3.8, 4) is 5.75 Å². The summed E-state index contributed by atoms with van der Waals surface area (Å²) in [5.41, 5.74) is 3.44. The monoisotopic (exact) mass is 613 g/mol. The van der Waals surface area contributed by atoms with Gasteiger partial charge in [-0.15, -0.1) is 0 Å². The van der Waals surface area contributed by atoms with Crippen LogP contribution in [0.15, 0.2) is 42.5 Å². The summed E-state index contributed by atoms with van der Waals surface area (Å²) in [6, 6.07) is 14.6. The molecule has 4 rings (SSSR count). The number of piperidine rings is 1. The number of carbonyl (C=O) groups is 1. The summed E-state index contributed by atoms with van der Waals surface area (Å²) in [4.78, 5) is 16.6. The maximum absolute atomic E-state index is 12.7. The second kappa shape index (κ2) is 17.1. The molecule has 2 aromatic carbocycles. The maximum atomic E-state index is 12.7. The number of carbonyl (C=O) groups excluding carboxylic acids is 1. The largest absolute Gasteiger partial charge is 0.490 e. The lowest BCUT2D eigenvalue weighted by Gasteiger charge is -2.44. The molecule has 0 bridgehead atoms. The first kappa shape index (κ1) is 34.1. The molecule has 1 N–H and O–H groups in total. The van der Waals surface area contributed by atoms with Crippen molar-refractivity contribution in [2.24, 2.45) is 5.92 Å². The maximum Gasteiger partial charge on any atom is 0.248 e. The van der Waals surface area contributed by atoms with Crippen LogP contribution >= 0.6 is 0 Å². The van der Waals surface area contributed by atoms with Crippen LogP contribution < -0.4 is 15.0 Å². The number of likely N-dealkylation sites (N-methyl/N-ethyl adjacent to an activating group) is 1. The summed E-state index contributed by atoms with van der Waals surface area (Å²) in [6.45, 7) is 8.83. The Morgan fingerprint density at radius 2 is 1.89 bits per heavy atom. The van der Waals surface area contributed by atoms with Gasteiger partial charge < -0.3 is 43.5 Å². The first-order chi connectivity index (χ1) is 21.4. The molecule has 0 saturated carbocycles. The van der Waals surface area contributed by atoms with Crippen LogP contribution in [0, 0.1) is 5.92 Å². The van der Waals surface area contributed by atoms with E-state index < -0.39 is 5.60 Å². The normalized spacial score (nSPS) is 20.6. The quantitative estimate of drug-likeness (QED) is 0.269. The molecule has 10 nitrogen and oxygen atoms in total. The van der Waals surface area contributed by atoms with Crippen LogP contribution in [0.4, 0.5) is 5.69 Å². The molecule has 0 aliphatic carbocycles. The first-order valence-corrected chi connectivity index (χ1v) is 15.7. The molecule has 44 heavy (non-hydrogen) atoms. The molecule has 1 fully saturated rings. The minimum atomic E-state index is -0.785. The van der Waals surface area contributed by atoms with E-state index in [1.807, 2.05) is 6.07 Å².